The molecule has 116 valence electrons. The third-order valence-electron chi connectivity index (χ3n) is 3.95. The van der Waals surface area contributed by atoms with Gasteiger partial charge in [0.05, 0.1) is 0 Å². The van der Waals surface area contributed by atoms with Crippen molar-refractivity contribution in [2.75, 3.05) is 0 Å². The van der Waals surface area contributed by atoms with E-state index in [-0.39, 0.29) is 11.5 Å². The van der Waals surface area contributed by atoms with Crippen molar-refractivity contribution in [1.29, 1.82) is 0 Å². The highest BCUT2D eigenvalue weighted by atomic mass is 16.2. The molecule has 0 fully saturated rings. The van der Waals surface area contributed by atoms with Crippen LogP contribution in [0.5, 0.6) is 0 Å². The van der Waals surface area contributed by atoms with Gasteiger partial charge in [-0.1, -0.05) is 27.0 Å². The summed E-state index contributed by atoms with van der Waals surface area (Å²) >= 11 is 0. The molecule has 0 spiro atoms. The molecular formula is C18H17N3O2. The van der Waals surface area contributed by atoms with Crippen LogP contribution in [0.1, 0.15) is 47.3 Å². The van der Waals surface area contributed by atoms with E-state index in [2.05, 4.69) is 23.1 Å². The maximum Gasteiger partial charge on any atom is 0.252 e. The number of Topliss-reactive ketones (excluding diaryl/α,β-unsaturated/α-hetero) is 2. The van der Waals surface area contributed by atoms with E-state index in [9.17, 15) is 9.59 Å². The number of hydrogen-bond donors (Lipinski definition) is 0. The van der Waals surface area contributed by atoms with Gasteiger partial charge in [0.2, 0.25) is 5.78 Å². The lowest BCUT2D eigenvalue weighted by Crippen LogP contribution is -2.26. The minimum atomic E-state index is -0.603. The summed E-state index contributed by atoms with van der Waals surface area (Å²) in [5, 5.41) is 0. The Kier molecular flexibility index (Phi) is 3.56. The zero-order valence-electron chi connectivity index (χ0n) is 13.2. The van der Waals surface area contributed by atoms with E-state index >= 15 is 0 Å². The van der Waals surface area contributed by atoms with Crippen molar-refractivity contribution in [2.45, 2.75) is 26.3 Å². The lowest BCUT2D eigenvalue weighted by atomic mass is 9.90. The highest BCUT2D eigenvalue weighted by molar-refractivity contribution is 6.54. The van der Waals surface area contributed by atoms with Crippen LogP contribution in [0, 0.1) is 0 Å². The molecule has 2 aromatic heterocycles. The van der Waals surface area contributed by atoms with Gasteiger partial charge in [-0.3, -0.25) is 14.6 Å². The topological polar surface area (TPSA) is 64.8 Å². The van der Waals surface area contributed by atoms with E-state index in [4.69, 9.17) is 0 Å². The van der Waals surface area contributed by atoms with E-state index in [1.807, 2.05) is 30.5 Å². The Morgan fingerprint density at radius 1 is 1.09 bits per heavy atom. The van der Waals surface area contributed by atoms with Crippen molar-refractivity contribution in [3.05, 3.63) is 66.0 Å². The maximum absolute atomic E-state index is 12.5. The summed E-state index contributed by atoms with van der Waals surface area (Å²) in [6, 6.07) is 3.75. The standard InChI is InChI=1S/C18H17N3O2/c1-10(2)18-20-14-11(3)12(4)16(22)17(23)15(14)21(18)9-13-5-7-19-8-6-13/h5-8,10H,3-4,9H2,1-2H3. The Balaban J connectivity index is 2.21. The third kappa shape index (κ3) is 2.34. The number of imidazole rings is 1. The summed E-state index contributed by atoms with van der Waals surface area (Å²) in [5.74, 6) is -0.310. The van der Waals surface area contributed by atoms with Crippen LogP contribution >= 0.6 is 0 Å². The number of carbonyl (C=O) groups excluding carboxylic acids is 2. The largest absolute Gasteiger partial charge is 0.320 e. The van der Waals surface area contributed by atoms with E-state index in [0.717, 1.165) is 11.4 Å². The summed E-state index contributed by atoms with van der Waals surface area (Å²) in [6.45, 7) is 12.0. The molecule has 1 aliphatic rings. The van der Waals surface area contributed by atoms with Gasteiger partial charge >= 0.3 is 0 Å². The second-order valence-electron chi connectivity index (χ2n) is 5.88. The Morgan fingerprint density at radius 3 is 2.35 bits per heavy atom. The summed E-state index contributed by atoms with van der Waals surface area (Å²) in [7, 11) is 0. The monoisotopic (exact) mass is 307 g/mol. The van der Waals surface area contributed by atoms with Crippen molar-refractivity contribution >= 4 is 17.1 Å². The van der Waals surface area contributed by atoms with Gasteiger partial charge in [-0.25, -0.2) is 4.98 Å². The molecule has 0 unspecified atom stereocenters. The zero-order valence-corrected chi connectivity index (χ0v) is 13.2. The van der Waals surface area contributed by atoms with Gasteiger partial charge in [0, 0.05) is 36.0 Å². The predicted octanol–water partition coefficient (Wildman–Crippen LogP) is 2.78. The van der Waals surface area contributed by atoms with Gasteiger partial charge in [0.15, 0.2) is 0 Å². The number of allylic oxidation sites excluding steroid dienone is 2. The van der Waals surface area contributed by atoms with Crippen molar-refractivity contribution in [3.63, 3.8) is 0 Å². The fourth-order valence-electron chi connectivity index (χ4n) is 2.71. The average molecular weight is 307 g/mol. The molecule has 0 saturated heterocycles. The lowest BCUT2D eigenvalue weighted by molar-refractivity contribution is -0.111. The summed E-state index contributed by atoms with van der Waals surface area (Å²) in [6.07, 6.45) is 3.39. The predicted molar refractivity (Wildman–Crippen MR) is 87.2 cm³/mol. The maximum atomic E-state index is 12.5. The van der Waals surface area contributed by atoms with Gasteiger partial charge in [0.25, 0.3) is 5.78 Å². The normalized spacial score (nSPS) is 14.6. The number of hydrogen-bond acceptors (Lipinski definition) is 4. The molecular weight excluding hydrogens is 290 g/mol. The molecule has 0 saturated carbocycles. The summed E-state index contributed by atoms with van der Waals surface area (Å²) in [4.78, 5) is 33.2. The fourth-order valence-corrected chi connectivity index (χ4v) is 2.71. The van der Waals surface area contributed by atoms with Crippen LogP contribution in [0.3, 0.4) is 0 Å². The number of nitrogens with zero attached hydrogens (tertiary/aromatic N) is 3. The van der Waals surface area contributed by atoms with Gasteiger partial charge in [-0.2, -0.15) is 0 Å². The number of aromatic nitrogens is 3. The first-order valence-corrected chi connectivity index (χ1v) is 7.38. The Morgan fingerprint density at radius 2 is 1.74 bits per heavy atom. The van der Waals surface area contributed by atoms with Crippen LogP contribution in [-0.4, -0.2) is 26.1 Å². The van der Waals surface area contributed by atoms with E-state index in [1.165, 1.54) is 0 Å². The molecule has 3 rings (SSSR count). The fraction of sp³-hybridized carbons (Fsp3) is 0.222. The minimum absolute atomic E-state index is 0.103. The summed E-state index contributed by atoms with van der Waals surface area (Å²) in [5.41, 5.74) is 2.33. The van der Waals surface area contributed by atoms with Crippen LogP contribution in [0.25, 0.3) is 5.57 Å². The molecule has 5 nitrogen and oxygen atoms in total. The van der Waals surface area contributed by atoms with Crippen molar-refractivity contribution in [2.24, 2.45) is 0 Å². The first kappa shape index (κ1) is 15.1. The van der Waals surface area contributed by atoms with E-state index in [0.29, 0.717) is 23.5 Å². The zero-order chi connectivity index (χ0) is 16.7. The van der Waals surface area contributed by atoms with E-state index in [1.54, 1.807) is 12.4 Å². The van der Waals surface area contributed by atoms with Crippen LogP contribution < -0.4 is 0 Å². The molecule has 0 radical (unpaired) electrons. The quantitative estimate of drug-likeness (QED) is 0.646. The van der Waals surface area contributed by atoms with Crippen molar-refractivity contribution < 1.29 is 9.59 Å². The van der Waals surface area contributed by atoms with Crippen LogP contribution in [0.4, 0.5) is 0 Å². The van der Waals surface area contributed by atoms with Crippen LogP contribution in [-0.2, 0) is 11.3 Å². The van der Waals surface area contributed by atoms with Gasteiger partial charge in [-0.15, -0.1) is 0 Å². The highest BCUT2D eigenvalue weighted by Crippen LogP contribution is 2.33. The highest BCUT2D eigenvalue weighted by Gasteiger charge is 2.36. The Hall–Kier alpha value is -2.82. The van der Waals surface area contributed by atoms with E-state index < -0.39 is 11.6 Å². The first-order chi connectivity index (χ1) is 10.9. The molecule has 5 heteroatoms. The van der Waals surface area contributed by atoms with Gasteiger partial charge < -0.3 is 4.57 Å². The molecule has 0 aromatic carbocycles. The smallest absolute Gasteiger partial charge is 0.252 e. The SMILES string of the molecule is C=C1C(=C)c2nc(C(C)C)n(Cc3ccncc3)c2C(=O)C1=O. The lowest BCUT2D eigenvalue weighted by Gasteiger charge is -2.17. The number of ketones is 2. The van der Waals surface area contributed by atoms with Gasteiger partial charge in [-0.05, 0) is 17.7 Å². The molecule has 23 heavy (non-hydrogen) atoms. The molecule has 2 aromatic rings. The average Bonchev–Trinajstić information content (AvgIpc) is 2.91. The summed E-state index contributed by atoms with van der Waals surface area (Å²) < 4.78 is 1.81. The Labute approximate surface area is 134 Å². The number of carbonyl (C=O) groups is 2. The third-order valence-corrected chi connectivity index (χ3v) is 3.95. The Bertz CT molecular complexity index is 845. The number of pyridine rings is 1. The van der Waals surface area contributed by atoms with Crippen molar-refractivity contribution in [1.82, 2.24) is 14.5 Å². The molecule has 2 heterocycles. The number of rotatable bonds is 3. The minimum Gasteiger partial charge on any atom is -0.320 e. The number of fused-ring (bicyclic) bond motifs is 1. The second-order valence-corrected chi connectivity index (χ2v) is 5.88. The first-order valence-electron chi connectivity index (χ1n) is 7.38. The van der Waals surface area contributed by atoms with Gasteiger partial charge in [0.1, 0.15) is 17.2 Å². The molecule has 0 bridgehead atoms. The molecule has 0 aliphatic heterocycles. The van der Waals surface area contributed by atoms with Crippen LogP contribution in [0.15, 0.2) is 43.3 Å². The molecule has 0 atom stereocenters. The van der Waals surface area contributed by atoms with Crippen molar-refractivity contribution in [3.8, 4) is 0 Å². The molecule has 1 aliphatic carbocycles. The van der Waals surface area contributed by atoms with Crippen LogP contribution in [0.2, 0.25) is 0 Å². The molecule has 0 amide bonds. The second kappa shape index (κ2) is 5.43. The molecule has 0 N–H and O–H groups in total.